The van der Waals surface area contributed by atoms with Crippen LogP contribution in [0.25, 0.3) is 0 Å². The lowest BCUT2D eigenvalue weighted by molar-refractivity contribution is -0.108. The lowest BCUT2D eigenvalue weighted by Gasteiger charge is -2.19. The van der Waals surface area contributed by atoms with Crippen LogP contribution in [0.3, 0.4) is 0 Å². The minimum Gasteiger partial charge on any atom is -0.438 e. The van der Waals surface area contributed by atoms with Crippen molar-refractivity contribution in [2.75, 3.05) is 13.7 Å². The Kier molecular flexibility index (Phi) is 12.1. The quantitative estimate of drug-likeness (QED) is 0.266. The molecule has 0 amide bonds. The van der Waals surface area contributed by atoms with Crippen molar-refractivity contribution < 1.29 is 19.1 Å². The molecule has 4 nitrogen and oxygen atoms in total. The molecule has 0 N–H and O–H groups in total. The van der Waals surface area contributed by atoms with Crippen molar-refractivity contribution in [1.82, 2.24) is 0 Å². The number of hydrogen-bond donors (Lipinski definition) is 0. The molecule has 26 heavy (non-hydrogen) atoms. The Morgan fingerprint density at radius 3 is 2.23 bits per heavy atom. The summed E-state index contributed by atoms with van der Waals surface area (Å²) in [6.45, 7) is 11.1. The summed E-state index contributed by atoms with van der Waals surface area (Å²) in [6, 6.07) is 8.59. The SMILES string of the molecule is CC(CC=O)c1ccc(C(C)(C)C)cc1.CC/C=C/CCOC(=O)OC. The fourth-order valence-corrected chi connectivity index (χ4v) is 2.15. The molecule has 1 rings (SSSR count). The minimum atomic E-state index is -0.616. The Morgan fingerprint density at radius 2 is 1.77 bits per heavy atom. The fourth-order valence-electron chi connectivity index (χ4n) is 2.15. The molecule has 0 saturated heterocycles. The Morgan fingerprint density at radius 1 is 1.15 bits per heavy atom. The smallest absolute Gasteiger partial charge is 0.438 e. The van der Waals surface area contributed by atoms with Gasteiger partial charge < -0.3 is 14.3 Å². The zero-order valence-electron chi connectivity index (χ0n) is 17.1. The summed E-state index contributed by atoms with van der Waals surface area (Å²) < 4.78 is 8.90. The number of methoxy groups -OCH3 is 1. The van der Waals surface area contributed by atoms with Gasteiger partial charge >= 0.3 is 6.16 Å². The van der Waals surface area contributed by atoms with E-state index in [1.165, 1.54) is 18.2 Å². The monoisotopic (exact) mass is 362 g/mol. The van der Waals surface area contributed by atoms with Gasteiger partial charge in [-0.2, -0.15) is 0 Å². The summed E-state index contributed by atoms with van der Waals surface area (Å²) in [7, 11) is 1.30. The minimum absolute atomic E-state index is 0.201. The standard InChI is InChI=1S/C14H20O.C8H14O3/c1-11(9-10-15)12-5-7-13(8-6-12)14(2,3)4;1-3-4-5-6-7-11-8(9)10-2/h5-8,10-11H,9H2,1-4H3;4-5H,3,6-7H2,1-2H3/b;5-4+. The van der Waals surface area contributed by atoms with Gasteiger partial charge in [0.25, 0.3) is 0 Å². The highest BCUT2D eigenvalue weighted by Gasteiger charge is 2.13. The maximum absolute atomic E-state index is 10.4. The van der Waals surface area contributed by atoms with Gasteiger partial charge in [0, 0.05) is 6.42 Å². The van der Waals surface area contributed by atoms with Crippen molar-refractivity contribution in [2.45, 2.75) is 65.2 Å². The molecule has 0 heterocycles. The lowest BCUT2D eigenvalue weighted by Crippen LogP contribution is -2.10. The highest BCUT2D eigenvalue weighted by atomic mass is 16.7. The highest BCUT2D eigenvalue weighted by Crippen LogP contribution is 2.25. The molecule has 0 bridgehead atoms. The second kappa shape index (κ2) is 13.2. The van der Waals surface area contributed by atoms with Crippen LogP contribution in [0.5, 0.6) is 0 Å². The Bertz CT molecular complexity index is 538. The Labute approximate surface area is 158 Å². The number of ether oxygens (including phenoxy) is 2. The van der Waals surface area contributed by atoms with Crippen LogP contribution < -0.4 is 0 Å². The molecule has 0 radical (unpaired) electrons. The van der Waals surface area contributed by atoms with E-state index < -0.39 is 6.16 Å². The van der Waals surface area contributed by atoms with Gasteiger partial charge in [-0.05, 0) is 35.3 Å². The average Bonchev–Trinajstić information content (AvgIpc) is 2.61. The normalized spacial score (nSPS) is 12.1. The maximum Gasteiger partial charge on any atom is 0.507 e. The van der Waals surface area contributed by atoms with E-state index in [0.717, 1.165) is 19.1 Å². The molecular formula is C22H34O4. The van der Waals surface area contributed by atoms with Gasteiger partial charge in [0.1, 0.15) is 6.29 Å². The predicted molar refractivity (Wildman–Crippen MR) is 107 cm³/mol. The zero-order valence-corrected chi connectivity index (χ0v) is 17.1. The number of allylic oxidation sites excluding steroid dienone is 1. The summed E-state index contributed by atoms with van der Waals surface area (Å²) >= 11 is 0. The van der Waals surface area contributed by atoms with Crippen LogP contribution in [0.4, 0.5) is 4.79 Å². The second-order valence-electron chi connectivity index (χ2n) is 7.15. The molecule has 0 fully saturated rings. The van der Waals surface area contributed by atoms with E-state index in [2.05, 4.69) is 68.4 Å². The van der Waals surface area contributed by atoms with Crippen molar-refractivity contribution in [3.63, 3.8) is 0 Å². The van der Waals surface area contributed by atoms with Gasteiger partial charge in [-0.3, -0.25) is 0 Å². The third-order valence-electron chi connectivity index (χ3n) is 3.87. The fraction of sp³-hybridized carbons (Fsp3) is 0.545. The van der Waals surface area contributed by atoms with Gasteiger partial charge in [-0.25, -0.2) is 4.79 Å². The number of carbonyl (C=O) groups excluding carboxylic acids is 2. The van der Waals surface area contributed by atoms with Gasteiger partial charge in [0.2, 0.25) is 0 Å². The molecule has 0 aliphatic rings. The maximum atomic E-state index is 10.4. The second-order valence-corrected chi connectivity index (χ2v) is 7.15. The van der Waals surface area contributed by atoms with Crippen LogP contribution in [0.1, 0.15) is 70.9 Å². The van der Waals surface area contributed by atoms with E-state index in [1.54, 1.807) is 0 Å². The van der Waals surface area contributed by atoms with Crippen molar-refractivity contribution in [3.05, 3.63) is 47.5 Å². The molecule has 0 spiro atoms. The first-order valence-electron chi connectivity index (χ1n) is 9.16. The van der Waals surface area contributed by atoms with Crippen LogP contribution in [-0.4, -0.2) is 26.2 Å². The lowest BCUT2D eigenvalue weighted by atomic mass is 9.85. The summed E-state index contributed by atoms with van der Waals surface area (Å²) in [5.74, 6) is 0.330. The molecule has 1 unspecified atom stereocenters. The van der Waals surface area contributed by atoms with Crippen LogP contribution in [0.2, 0.25) is 0 Å². The van der Waals surface area contributed by atoms with Gasteiger partial charge in [0.05, 0.1) is 13.7 Å². The van der Waals surface area contributed by atoms with Gasteiger partial charge in [0.15, 0.2) is 0 Å². The molecular weight excluding hydrogens is 328 g/mol. The molecule has 0 saturated carbocycles. The van der Waals surface area contributed by atoms with Crippen molar-refractivity contribution in [1.29, 1.82) is 0 Å². The van der Waals surface area contributed by atoms with Crippen molar-refractivity contribution >= 4 is 12.4 Å². The first kappa shape index (κ1) is 23.9. The van der Waals surface area contributed by atoms with Crippen LogP contribution in [0, 0.1) is 0 Å². The number of rotatable bonds is 7. The molecule has 0 aromatic heterocycles. The van der Waals surface area contributed by atoms with Crippen LogP contribution in [0.15, 0.2) is 36.4 Å². The first-order valence-corrected chi connectivity index (χ1v) is 9.16. The number of aldehydes is 1. The Hall–Kier alpha value is -2.10. The van der Waals surface area contributed by atoms with Crippen LogP contribution >= 0.6 is 0 Å². The third-order valence-corrected chi connectivity index (χ3v) is 3.87. The molecule has 1 atom stereocenters. The highest BCUT2D eigenvalue weighted by molar-refractivity contribution is 5.59. The number of benzene rings is 1. The third kappa shape index (κ3) is 10.7. The molecule has 146 valence electrons. The van der Waals surface area contributed by atoms with Crippen LogP contribution in [-0.2, 0) is 19.7 Å². The molecule has 1 aromatic carbocycles. The van der Waals surface area contributed by atoms with E-state index in [0.29, 0.717) is 18.9 Å². The molecule has 1 aromatic rings. The molecule has 0 aliphatic carbocycles. The Balaban J connectivity index is 0.000000508. The van der Waals surface area contributed by atoms with E-state index in [1.807, 2.05) is 12.2 Å². The first-order chi connectivity index (χ1) is 12.3. The van der Waals surface area contributed by atoms with Crippen molar-refractivity contribution in [2.24, 2.45) is 0 Å². The van der Waals surface area contributed by atoms with E-state index in [-0.39, 0.29) is 5.41 Å². The average molecular weight is 363 g/mol. The van der Waals surface area contributed by atoms with E-state index >= 15 is 0 Å². The molecule has 0 aliphatic heterocycles. The van der Waals surface area contributed by atoms with E-state index in [4.69, 9.17) is 0 Å². The summed E-state index contributed by atoms with van der Waals surface area (Å²) in [5.41, 5.74) is 2.78. The predicted octanol–water partition coefficient (Wildman–Crippen LogP) is 5.80. The van der Waals surface area contributed by atoms with Crippen molar-refractivity contribution in [3.8, 4) is 0 Å². The van der Waals surface area contributed by atoms with Gasteiger partial charge in [-0.15, -0.1) is 0 Å². The topological polar surface area (TPSA) is 52.6 Å². The largest absolute Gasteiger partial charge is 0.507 e. The number of carbonyl (C=O) groups is 2. The number of hydrogen-bond acceptors (Lipinski definition) is 4. The molecule has 4 heteroatoms. The van der Waals surface area contributed by atoms with E-state index in [9.17, 15) is 9.59 Å². The summed E-state index contributed by atoms with van der Waals surface area (Å²) in [6.07, 6.45) is 6.75. The van der Waals surface area contributed by atoms with Gasteiger partial charge in [-0.1, -0.05) is 71.0 Å². The zero-order chi connectivity index (χ0) is 20.0. The summed E-state index contributed by atoms with van der Waals surface area (Å²) in [4.78, 5) is 20.8. The summed E-state index contributed by atoms with van der Waals surface area (Å²) in [5, 5.41) is 0.